The summed E-state index contributed by atoms with van der Waals surface area (Å²) in [6.45, 7) is 6.80. The van der Waals surface area contributed by atoms with E-state index in [1.54, 1.807) is 29.2 Å². The zero-order valence-corrected chi connectivity index (χ0v) is 17.7. The number of fused-ring (bicyclic) bond motifs is 3. The molecule has 31 heavy (non-hydrogen) atoms. The van der Waals surface area contributed by atoms with Crippen molar-refractivity contribution in [2.75, 3.05) is 31.1 Å². The fraction of sp³-hybridized carbons (Fsp3) is 0.478. The number of piperidine rings is 1. The minimum absolute atomic E-state index is 0.0734. The second-order valence-electron chi connectivity index (χ2n) is 8.41. The third-order valence-electron chi connectivity index (χ3n) is 6.48. The van der Waals surface area contributed by atoms with Gasteiger partial charge in [0.25, 0.3) is 11.8 Å². The Labute approximate surface area is 181 Å². The molecule has 0 aromatic heterocycles. The minimum atomic E-state index is -1.60. The zero-order chi connectivity index (χ0) is 22.2. The van der Waals surface area contributed by atoms with Crippen molar-refractivity contribution >= 4 is 29.4 Å². The summed E-state index contributed by atoms with van der Waals surface area (Å²) in [5.74, 6) is -1.08. The number of esters is 1. The SMILES string of the molecule is C=CCN1C(=O)c2ccccc2N2C(=O)CC[C@@]12C(=O)OCC(=O)N1CCC(C)CC1. The lowest BCUT2D eigenvalue weighted by Crippen LogP contribution is -2.68. The number of rotatable bonds is 5. The van der Waals surface area contributed by atoms with Crippen molar-refractivity contribution in [3.8, 4) is 0 Å². The maximum atomic E-state index is 13.4. The Bertz CT molecular complexity index is 937. The summed E-state index contributed by atoms with van der Waals surface area (Å²) in [5.41, 5.74) is -0.863. The number of anilines is 1. The Morgan fingerprint density at radius 3 is 2.65 bits per heavy atom. The molecule has 3 aliphatic heterocycles. The molecule has 0 radical (unpaired) electrons. The Morgan fingerprint density at radius 1 is 1.23 bits per heavy atom. The highest BCUT2D eigenvalue weighted by Gasteiger charge is 2.61. The fourth-order valence-corrected chi connectivity index (χ4v) is 4.72. The Morgan fingerprint density at radius 2 is 1.94 bits per heavy atom. The van der Waals surface area contributed by atoms with Crippen LogP contribution in [0.2, 0.25) is 0 Å². The smallest absolute Gasteiger partial charge is 0.354 e. The average molecular weight is 425 g/mol. The summed E-state index contributed by atoms with van der Waals surface area (Å²) in [7, 11) is 0. The molecule has 0 saturated carbocycles. The van der Waals surface area contributed by atoms with E-state index in [0.717, 1.165) is 12.8 Å². The van der Waals surface area contributed by atoms with Gasteiger partial charge in [-0.25, -0.2) is 4.79 Å². The van der Waals surface area contributed by atoms with E-state index in [4.69, 9.17) is 4.74 Å². The lowest BCUT2D eigenvalue weighted by Gasteiger charge is -2.48. The molecule has 8 heteroatoms. The molecular weight excluding hydrogens is 398 g/mol. The van der Waals surface area contributed by atoms with Crippen LogP contribution < -0.4 is 4.90 Å². The first-order chi connectivity index (χ1) is 14.9. The highest BCUT2D eigenvalue weighted by molar-refractivity contribution is 6.15. The standard InChI is InChI=1S/C23H27N3O5/c1-3-12-25-21(29)17-6-4-5-7-18(17)26-19(27)8-11-23(25,26)22(30)31-15-20(28)24-13-9-16(2)10-14-24/h3-7,16H,1,8-15H2,2H3/t23-/m1/s1. The summed E-state index contributed by atoms with van der Waals surface area (Å²) in [6.07, 6.45) is 3.56. The maximum Gasteiger partial charge on any atom is 0.354 e. The van der Waals surface area contributed by atoms with Gasteiger partial charge in [0, 0.05) is 32.5 Å². The molecular formula is C23H27N3O5. The van der Waals surface area contributed by atoms with Gasteiger partial charge in [-0.15, -0.1) is 6.58 Å². The predicted molar refractivity (Wildman–Crippen MR) is 113 cm³/mol. The van der Waals surface area contributed by atoms with E-state index in [-0.39, 0.29) is 37.1 Å². The zero-order valence-electron chi connectivity index (χ0n) is 17.7. The molecule has 3 amide bonds. The molecule has 1 aromatic carbocycles. The van der Waals surface area contributed by atoms with Gasteiger partial charge < -0.3 is 14.5 Å². The number of likely N-dealkylation sites (tertiary alicyclic amines) is 1. The van der Waals surface area contributed by atoms with Gasteiger partial charge in [0.15, 0.2) is 6.61 Å². The number of carbonyl (C=O) groups is 4. The number of nitrogens with zero attached hydrogens (tertiary/aromatic N) is 3. The third kappa shape index (κ3) is 3.40. The molecule has 2 fully saturated rings. The van der Waals surface area contributed by atoms with Crippen molar-refractivity contribution < 1.29 is 23.9 Å². The van der Waals surface area contributed by atoms with E-state index in [0.29, 0.717) is 30.3 Å². The van der Waals surface area contributed by atoms with Crippen LogP contribution >= 0.6 is 0 Å². The van der Waals surface area contributed by atoms with Crippen LogP contribution in [0.15, 0.2) is 36.9 Å². The van der Waals surface area contributed by atoms with Gasteiger partial charge in [0.05, 0.1) is 11.3 Å². The molecule has 3 heterocycles. The summed E-state index contributed by atoms with van der Waals surface area (Å²) < 4.78 is 5.46. The molecule has 8 nitrogen and oxygen atoms in total. The monoisotopic (exact) mass is 425 g/mol. The summed E-state index contributed by atoms with van der Waals surface area (Å²) >= 11 is 0. The molecule has 0 aliphatic carbocycles. The largest absolute Gasteiger partial charge is 0.452 e. The van der Waals surface area contributed by atoms with Crippen molar-refractivity contribution in [3.63, 3.8) is 0 Å². The normalized spacial score (nSPS) is 23.5. The van der Waals surface area contributed by atoms with Crippen molar-refractivity contribution in [2.45, 2.75) is 38.3 Å². The molecule has 0 spiro atoms. The Balaban J connectivity index is 1.61. The van der Waals surface area contributed by atoms with E-state index >= 15 is 0 Å². The quantitative estimate of drug-likeness (QED) is 0.532. The van der Waals surface area contributed by atoms with Gasteiger partial charge in [-0.3, -0.25) is 19.3 Å². The van der Waals surface area contributed by atoms with Crippen molar-refractivity contribution in [2.24, 2.45) is 5.92 Å². The molecule has 3 aliphatic rings. The van der Waals surface area contributed by atoms with Gasteiger partial charge in [-0.05, 0) is 30.9 Å². The van der Waals surface area contributed by atoms with E-state index in [1.807, 2.05) is 0 Å². The number of carbonyl (C=O) groups excluding carboxylic acids is 4. The van der Waals surface area contributed by atoms with E-state index < -0.39 is 18.2 Å². The van der Waals surface area contributed by atoms with Crippen molar-refractivity contribution in [1.29, 1.82) is 0 Å². The van der Waals surface area contributed by atoms with Crippen LogP contribution in [0, 0.1) is 5.92 Å². The molecule has 2 saturated heterocycles. The average Bonchev–Trinajstić information content (AvgIpc) is 3.13. The predicted octanol–water partition coefficient (Wildman–Crippen LogP) is 1.95. The molecule has 4 rings (SSSR count). The lowest BCUT2D eigenvalue weighted by molar-refractivity contribution is -0.162. The molecule has 0 N–H and O–H groups in total. The Kier molecular flexibility index (Phi) is 5.56. The van der Waals surface area contributed by atoms with Crippen LogP contribution in [-0.2, 0) is 19.1 Å². The first-order valence-electron chi connectivity index (χ1n) is 10.7. The second kappa shape index (κ2) is 8.17. The first-order valence-corrected chi connectivity index (χ1v) is 10.7. The van der Waals surface area contributed by atoms with Crippen LogP contribution in [0.25, 0.3) is 0 Å². The topological polar surface area (TPSA) is 87.2 Å². The number of hydrogen-bond acceptors (Lipinski definition) is 5. The summed E-state index contributed by atoms with van der Waals surface area (Å²) in [6, 6.07) is 6.73. The second-order valence-corrected chi connectivity index (χ2v) is 8.41. The van der Waals surface area contributed by atoms with Gasteiger partial charge in [0.2, 0.25) is 11.6 Å². The number of benzene rings is 1. The van der Waals surface area contributed by atoms with E-state index in [2.05, 4.69) is 13.5 Å². The molecule has 164 valence electrons. The van der Waals surface area contributed by atoms with Crippen molar-refractivity contribution in [1.82, 2.24) is 9.80 Å². The molecule has 1 atom stereocenters. The third-order valence-corrected chi connectivity index (χ3v) is 6.48. The van der Waals surface area contributed by atoms with Crippen LogP contribution in [0.3, 0.4) is 0 Å². The van der Waals surface area contributed by atoms with Gasteiger partial charge in [-0.1, -0.05) is 25.1 Å². The van der Waals surface area contributed by atoms with Crippen LogP contribution in [0.1, 0.15) is 43.0 Å². The highest BCUT2D eigenvalue weighted by Crippen LogP contribution is 2.45. The molecule has 0 bridgehead atoms. The van der Waals surface area contributed by atoms with Crippen LogP contribution in [0.4, 0.5) is 5.69 Å². The van der Waals surface area contributed by atoms with Crippen LogP contribution in [-0.4, -0.2) is 65.4 Å². The summed E-state index contributed by atoms with van der Waals surface area (Å²) in [4.78, 5) is 56.5. The molecule has 0 unspecified atom stereocenters. The van der Waals surface area contributed by atoms with E-state index in [9.17, 15) is 19.2 Å². The number of amides is 3. The number of para-hydroxylation sites is 1. The maximum absolute atomic E-state index is 13.4. The number of ether oxygens (including phenoxy) is 1. The highest BCUT2D eigenvalue weighted by atomic mass is 16.5. The fourth-order valence-electron chi connectivity index (χ4n) is 4.72. The lowest BCUT2D eigenvalue weighted by atomic mass is 9.96. The van der Waals surface area contributed by atoms with Gasteiger partial charge in [-0.2, -0.15) is 0 Å². The molecule has 1 aromatic rings. The van der Waals surface area contributed by atoms with Crippen molar-refractivity contribution in [3.05, 3.63) is 42.5 Å². The minimum Gasteiger partial charge on any atom is -0.452 e. The van der Waals surface area contributed by atoms with E-state index in [1.165, 1.54) is 15.9 Å². The van der Waals surface area contributed by atoms with Gasteiger partial charge >= 0.3 is 5.97 Å². The Hall–Kier alpha value is -3.16. The van der Waals surface area contributed by atoms with Crippen LogP contribution in [0.5, 0.6) is 0 Å². The summed E-state index contributed by atoms with van der Waals surface area (Å²) in [5, 5.41) is 0. The first kappa shape index (κ1) is 21.1. The van der Waals surface area contributed by atoms with Gasteiger partial charge in [0.1, 0.15) is 0 Å². The number of hydrogen-bond donors (Lipinski definition) is 0.